The van der Waals surface area contributed by atoms with Crippen molar-refractivity contribution < 1.29 is 22.7 Å². The van der Waals surface area contributed by atoms with Gasteiger partial charge in [0.15, 0.2) is 4.80 Å². The number of nitrogens with zero attached hydrogens (tertiary/aromatic N) is 3. The van der Waals surface area contributed by atoms with E-state index < -0.39 is 10.0 Å². The molecule has 12 heteroatoms. The number of halogens is 1. The third kappa shape index (κ3) is 4.67. The number of fused-ring (bicyclic) bond motifs is 1. The average molecular weight is 542 g/mol. The van der Waals surface area contributed by atoms with Crippen molar-refractivity contribution in [2.75, 3.05) is 27.3 Å². The van der Waals surface area contributed by atoms with Crippen LogP contribution in [0.5, 0.6) is 11.5 Å². The molecule has 1 fully saturated rings. The van der Waals surface area contributed by atoms with Gasteiger partial charge in [-0.15, -0.1) is 17.9 Å². The van der Waals surface area contributed by atoms with E-state index in [1.54, 1.807) is 26.4 Å². The molecule has 34 heavy (non-hydrogen) atoms. The van der Waals surface area contributed by atoms with Crippen molar-refractivity contribution in [3.05, 3.63) is 46.1 Å². The fourth-order valence-electron chi connectivity index (χ4n) is 3.93. The fraction of sp³-hybridized carbons (Fsp3) is 0.364. The highest BCUT2D eigenvalue weighted by molar-refractivity contribution is 7.91. The highest BCUT2D eigenvalue weighted by Gasteiger charge is 2.33. The summed E-state index contributed by atoms with van der Waals surface area (Å²) in [7, 11) is -0.433. The number of thiazole rings is 1. The zero-order valence-corrected chi connectivity index (χ0v) is 21.9. The lowest BCUT2D eigenvalue weighted by Crippen LogP contribution is -2.40. The molecular weight excluding hydrogens is 518 g/mol. The second-order valence-corrected chi connectivity index (χ2v) is 12.5. The van der Waals surface area contributed by atoms with Gasteiger partial charge >= 0.3 is 0 Å². The molecule has 0 unspecified atom stereocenters. The summed E-state index contributed by atoms with van der Waals surface area (Å²) in [5.74, 6) is 0.692. The van der Waals surface area contributed by atoms with Crippen molar-refractivity contribution in [1.29, 1.82) is 0 Å². The number of hydrogen-bond acceptors (Lipinski definition) is 7. The van der Waals surface area contributed by atoms with E-state index in [2.05, 4.69) is 11.6 Å². The third-order valence-corrected chi connectivity index (χ3v) is 10.3. The predicted octanol–water partition coefficient (Wildman–Crippen LogP) is 4.15. The van der Waals surface area contributed by atoms with Crippen molar-refractivity contribution in [2.24, 2.45) is 10.9 Å². The van der Waals surface area contributed by atoms with Gasteiger partial charge in [0, 0.05) is 25.6 Å². The number of aromatic nitrogens is 1. The number of sulfonamides is 1. The molecule has 0 aliphatic carbocycles. The van der Waals surface area contributed by atoms with E-state index in [9.17, 15) is 13.2 Å². The molecule has 0 radical (unpaired) electrons. The normalized spacial score (nSPS) is 16.1. The van der Waals surface area contributed by atoms with E-state index in [1.165, 1.54) is 21.7 Å². The van der Waals surface area contributed by atoms with Crippen LogP contribution in [0.4, 0.5) is 0 Å². The number of rotatable bonds is 7. The Hall–Kier alpha value is -2.18. The van der Waals surface area contributed by atoms with E-state index in [4.69, 9.17) is 21.1 Å². The Bertz CT molecular complexity index is 1400. The Balaban J connectivity index is 1.61. The number of ether oxygens (including phenoxy) is 2. The van der Waals surface area contributed by atoms with E-state index >= 15 is 0 Å². The van der Waals surface area contributed by atoms with Gasteiger partial charge in [0.2, 0.25) is 0 Å². The van der Waals surface area contributed by atoms with E-state index in [0.29, 0.717) is 40.0 Å². The average Bonchev–Trinajstić information content (AvgIpc) is 3.43. The lowest BCUT2D eigenvalue weighted by molar-refractivity contribution is -0.122. The van der Waals surface area contributed by atoms with Crippen LogP contribution in [-0.2, 0) is 21.4 Å². The molecule has 1 aromatic carbocycles. The van der Waals surface area contributed by atoms with Crippen molar-refractivity contribution >= 4 is 60.4 Å². The van der Waals surface area contributed by atoms with Gasteiger partial charge in [0.1, 0.15) is 25.9 Å². The fourth-order valence-corrected chi connectivity index (χ4v) is 8.19. The highest BCUT2D eigenvalue weighted by Crippen LogP contribution is 2.35. The molecule has 0 saturated carbocycles. The number of piperidine rings is 1. The molecular formula is C22H24ClN3O5S3. The Morgan fingerprint density at radius 1 is 1.18 bits per heavy atom. The van der Waals surface area contributed by atoms with Gasteiger partial charge in [-0.3, -0.25) is 4.79 Å². The second kappa shape index (κ2) is 10.2. The number of allylic oxidation sites excluding steroid dienone is 1. The summed E-state index contributed by atoms with van der Waals surface area (Å²) in [5.41, 5.74) is 0.786. The molecule has 0 spiro atoms. The van der Waals surface area contributed by atoms with Gasteiger partial charge in [-0.05, 0) is 37.1 Å². The Morgan fingerprint density at radius 2 is 1.85 bits per heavy atom. The van der Waals surface area contributed by atoms with Gasteiger partial charge in [0.05, 0.1) is 18.6 Å². The molecule has 2 aromatic heterocycles. The molecule has 0 bridgehead atoms. The van der Waals surface area contributed by atoms with Gasteiger partial charge in [-0.25, -0.2) is 8.42 Å². The third-order valence-electron chi connectivity index (χ3n) is 5.66. The maximum atomic E-state index is 13.1. The quantitative estimate of drug-likeness (QED) is 0.419. The summed E-state index contributed by atoms with van der Waals surface area (Å²) >= 11 is 8.28. The number of carbonyl (C=O) groups excluding carboxylic acids is 1. The van der Waals surface area contributed by atoms with Crippen LogP contribution in [0.2, 0.25) is 4.34 Å². The lowest BCUT2D eigenvalue weighted by Gasteiger charge is -2.29. The second-order valence-electron chi connectivity index (χ2n) is 7.62. The molecule has 3 heterocycles. The first-order valence-electron chi connectivity index (χ1n) is 10.5. The Kier molecular flexibility index (Phi) is 7.48. The molecule has 0 atom stereocenters. The maximum Gasteiger partial charge on any atom is 0.252 e. The molecule has 1 aliphatic rings. The first kappa shape index (κ1) is 24.9. The van der Waals surface area contributed by atoms with Crippen LogP contribution >= 0.6 is 34.3 Å². The van der Waals surface area contributed by atoms with E-state index in [-0.39, 0.29) is 29.1 Å². The van der Waals surface area contributed by atoms with Crippen molar-refractivity contribution in [3.8, 4) is 11.5 Å². The molecule has 1 saturated heterocycles. The van der Waals surface area contributed by atoms with Crippen LogP contribution < -0.4 is 14.3 Å². The first-order valence-corrected chi connectivity index (χ1v) is 13.9. The standard InChI is InChI=1S/C22H24ClN3O5S3/c1-4-11-26-19-15(30-2)5-6-16(31-3)20(19)33-22(26)24-21(27)14-9-12-25(13-10-14)34(28,29)18-8-7-17(23)32-18/h4-8,14H,1,9-13H2,2-3H3. The minimum atomic E-state index is -3.61. The summed E-state index contributed by atoms with van der Waals surface area (Å²) in [4.78, 5) is 18.1. The van der Waals surface area contributed by atoms with Crippen LogP contribution in [-0.4, -0.2) is 50.5 Å². The van der Waals surface area contributed by atoms with Crippen LogP contribution in [0.15, 0.2) is 46.1 Å². The lowest BCUT2D eigenvalue weighted by atomic mass is 9.98. The van der Waals surface area contributed by atoms with Crippen molar-refractivity contribution in [2.45, 2.75) is 23.6 Å². The highest BCUT2D eigenvalue weighted by atomic mass is 35.5. The van der Waals surface area contributed by atoms with Crippen molar-refractivity contribution in [1.82, 2.24) is 8.87 Å². The number of benzene rings is 1. The molecule has 8 nitrogen and oxygen atoms in total. The summed E-state index contributed by atoms with van der Waals surface area (Å²) < 4.78 is 41.5. The molecule has 0 N–H and O–H groups in total. The molecule has 1 aliphatic heterocycles. The van der Waals surface area contributed by atoms with Gasteiger partial charge in [-0.1, -0.05) is 29.0 Å². The van der Waals surface area contributed by atoms with Gasteiger partial charge in [0.25, 0.3) is 15.9 Å². The summed E-state index contributed by atoms with van der Waals surface area (Å²) in [6.45, 7) is 4.77. The molecule has 4 rings (SSSR count). The van der Waals surface area contributed by atoms with Gasteiger partial charge < -0.3 is 14.0 Å². The zero-order valence-electron chi connectivity index (χ0n) is 18.7. The van der Waals surface area contributed by atoms with Crippen LogP contribution in [0.1, 0.15) is 12.8 Å². The molecule has 3 aromatic rings. The van der Waals surface area contributed by atoms with Crippen LogP contribution in [0, 0.1) is 5.92 Å². The number of amides is 1. The number of methoxy groups -OCH3 is 2. The summed E-state index contributed by atoms with van der Waals surface area (Å²) in [5, 5.41) is 0. The summed E-state index contributed by atoms with van der Waals surface area (Å²) in [6, 6.07) is 6.72. The van der Waals surface area contributed by atoms with Gasteiger partial charge in [-0.2, -0.15) is 9.30 Å². The molecule has 1 amide bonds. The predicted molar refractivity (Wildman–Crippen MR) is 134 cm³/mol. The van der Waals surface area contributed by atoms with E-state index in [1.807, 2.05) is 16.7 Å². The number of carbonyl (C=O) groups is 1. The van der Waals surface area contributed by atoms with Crippen molar-refractivity contribution in [3.63, 3.8) is 0 Å². The van der Waals surface area contributed by atoms with Crippen LogP contribution in [0.25, 0.3) is 10.2 Å². The minimum absolute atomic E-state index is 0.214. The Morgan fingerprint density at radius 3 is 2.44 bits per heavy atom. The smallest absolute Gasteiger partial charge is 0.252 e. The first-order chi connectivity index (χ1) is 16.3. The molecule has 182 valence electrons. The van der Waals surface area contributed by atoms with Crippen LogP contribution in [0.3, 0.4) is 0 Å². The minimum Gasteiger partial charge on any atom is -0.495 e. The maximum absolute atomic E-state index is 13.1. The number of hydrogen-bond donors (Lipinski definition) is 0. The number of thiophene rings is 1. The largest absolute Gasteiger partial charge is 0.495 e. The van der Waals surface area contributed by atoms with E-state index in [0.717, 1.165) is 21.6 Å². The topological polar surface area (TPSA) is 90.2 Å². The SMILES string of the molecule is C=CCn1c(=NC(=O)C2CCN(S(=O)(=O)c3ccc(Cl)s3)CC2)sc2c(OC)ccc(OC)c21. The monoisotopic (exact) mass is 541 g/mol. The zero-order chi connectivity index (χ0) is 24.5. The Labute approximate surface area is 210 Å². The summed E-state index contributed by atoms with van der Waals surface area (Å²) in [6.07, 6.45) is 2.54.